The highest BCUT2D eigenvalue weighted by Crippen LogP contribution is 2.32. The second-order valence-corrected chi connectivity index (χ2v) is 14.0. The van der Waals surface area contributed by atoms with Crippen LogP contribution in [0.15, 0.2) is 72.9 Å². The van der Waals surface area contributed by atoms with Crippen LogP contribution in [0.2, 0.25) is 0 Å². The van der Waals surface area contributed by atoms with E-state index in [9.17, 15) is 24.3 Å². The molecule has 5 N–H and O–H groups in total. The average molecular weight is 730 g/mol. The van der Waals surface area contributed by atoms with E-state index in [1.165, 1.54) is 6.20 Å². The van der Waals surface area contributed by atoms with E-state index in [-0.39, 0.29) is 12.4 Å². The number of aliphatic carboxylic acids is 1. The van der Waals surface area contributed by atoms with E-state index >= 15 is 0 Å². The number of ether oxygens (including phenoxy) is 4. The predicted molar refractivity (Wildman–Crippen MR) is 201 cm³/mol. The van der Waals surface area contributed by atoms with Crippen LogP contribution in [0, 0.1) is 0 Å². The summed E-state index contributed by atoms with van der Waals surface area (Å²) in [6, 6.07) is 17.6. The van der Waals surface area contributed by atoms with Crippen molar-refractivity contribution in [2.45, 2.75) is 78.7 Å². The van der Waals surface area contributed by atoms with Crippen LogP contribution in [0.3, 0.4) is 0 Å². The van der Waals surface area contributed by atoms with Crippen LogP contribution in [0.5, 0.6) is 5.75 Å². The SMILES string of the molecule is CCOc1cc(C(Nc2ccc3c(N(C(=O)OC(C)(C)C)C(=O)OC(C)(C)C)nccc3c2)C(=O)O)ccc1CCOC(=O)Nc1cccc(CN)c1. The van der Waals surface area contributed by atoms with Gasteiger partial charge in [0.15, 0.2) is 11.9 Å². The van der Waals surface area contributed by atoms with Crippen LogP contribution < -0.4 is 26.0 Å². The van der Waals surface area contributed by atoms with Crippen molar-refractivity contribution in [2.75, 3.05) is 28.7 Å². The summed E-state index contributed by atoms with van der Waals surface area (Å²) in [6.07, 6.45) is -0.794. The van der Waals surface area contributed by atoms with Crippen LogP contribution >= 0.6 is 0 Å². The van der Waals surface area contributed by atoms with E-state index in [0.29, 0.717) is 53.0 Å². The zero-order valence-electron chi connectivity index (χ0n) is 31.0. The first-order chi connectivity index (χ1) is 25.0. The third kappa shape index (κ3) is 11.3. The molecule has 14 heteroatoms. The first-order valence-corrected chi connectivity index (χ1v) is 17.1. The Labute approximate surface area is 308 Å². The van der Waals surface area contributed by atoms with Gasteiger partial charge in [0.25, 0.3) is 0 Å². The maximum Gasteiger partial charge on any atom is 0.425 e. The lowest BCUT2D eigenvalue weighted by molar-refractivity contribution is -0.138. The van der Waals surface area contributed by atoms with Gasteiger partial charge in [0.2, 0.25) is 0 Å². The Hall–Kier alpha value is -5.89. The second-order valence-electron chi connectivity index (χ2n) is 14.0. The molecule has 0 aliphatic rings. The minimum atomic E-state index is -1.19. The highest BCUT2D eigenvalue weighted by atomic mass is 16.6. The minimum absolute atomic E-state index is 0.00783. The average Bonchev–Trinajstić information content (AvgIpc) is 3.06. The third-order valence-corrected chi connectivity index (χ3v) is 7.40. The van der Waals surface area contributed by atoms with Crippen LogP contribution in [0.25, 0.3) is 10.8 Å². The summed E-state index contributed by atoms with van der Waals surface area (Å²) >= 11 is 0. The summed E-state index contributed by atoms with van der Waals surface area (Å²) < 4.78 is 22.3. The number of nitrogens with two attached hydrogens (primary N) is 1. The highest BCUT2D eigenvalue weighted by molar-refractivity contribution is 6.14. The molecule has 1 heterocycles. The smallest absolute Gasteiger partial charge is 0.425 e. The summed E-state index contributed by atoms with van der Waals surface area (Å²) in [6.45, 7) is 12.6. The van der Waals surface area contributed by atoms with Gasteiger partial charge in [0, 0.05) is 35.9 Å². The van der Waals surface area contributed by atoms with Gasteiger partial charge in [-0.05, 0) is 113 Å². The maximum absolute atomic E-state index is 13.3. The van der Waals surface area contributed by atoms with Crippen LogP contribution in [-0.2, 0) is 32.0 Å². The fraction of sp³-hybridized carbons (Fsp3) is 0.359. The summed E-state index contributed by atoms with van der Waals surface area (Å²) in [5, 5.41) is 17.0. The van der Waals surface area contributed by atoms with E-state index in [2.05, 4.69) is 15.6 Å². The van der Waals surface area contributed by atoms with Crippen molar-refractivity contribution in [1.29, 1.82) is 0 Å². The van der Waals surface area contributed by atoms with E-state index in [1.807, 2.05) is 13.0 Å². The van der Waals surface area contributed by atoms with Gasteiger partial charge in [-0.15, -0.1) is 0 Å². The number of pyridine rings is 1. The van der Waals surface area contributed by atoms with Crippen molar-refractivity contribution >= 4 is 52.2 Å². The minimum Gasteiger partial charge on any atom is -0.494 e. The number of aromatic nitrogens is 1. The molecule has 0 spiro atoms. The Morgan fingerprint density at radius 2 is 1.58 bits per heavy atom. The van der Waals surface area contributed by atoms with Crippen molar-refractivity contribution in [1.82, 2.24) is 4.98 Å². The molecule has 0 bridgehead atoms. The Balaban J connectivity index is 1.55. The molecule has 0 saturated heterocycles. The van der Waals surface area contributed by atoms with E-state index < -0.39 is 41.5 Å². The van der Waals surface area contributed by atoms with Crippen LogP contribution in [0.1, 0.15) is 71.2 Å². The van der Waals surface area contributed by atoms with Crippen LogP contribution in [-0.4, -0.2) is 58.8 Å². The lowest BCUT2D eigenvalue weighted by atomic mass is 10.0. The van der Waals surface area contributed by atoms with Crippen molar-refractivity contribution in [3.05, 3.63) is 89.6 Å². The van der Waals surface area contributed by atoms with E-state index in [1.54, 1.807) is 102 Å². The zero-order valence-corrected chi connectivity index (χ0v) is 31.0. The Bertz CT molecular complexity index is 1920. The molecule has 1 atom stereocenters. The number of amides is 3. The number of imide groups is 1. The summed E-state index contributed by atoms with van der Waals surface area (Å²) in [5.74, 6) is -0.696. The molecule has 0 aliphatic carbocycles. The van der Waals surface area contributed by atoms with Crippen molar-refractivity contribution in [2.24, 2.45) is 5.73 Å². The summed E-state index contributed by atoms with van der Waals surface area (Å²) in [5.41, 5.74) is 6.88. The lowest BCUT2D eigenvalue weighted by Crippen LogP contribution is -2.44. The number of anilines is 3. The molecule has 1 aromatic heterocycles. The quantitative estimate of drug-likeness (QED) is 0.104. The van der Waals surface area contributed by atoms with Gasteiger partial charge in [0.05, 0.1) is 13.2 Å². The maximum atomic E-state index is 13.3. The fourth-order valence-corrected chi connectivity index (χ4v) is 5.18. The first kappa shape index (κ1) is 39.9. The van der Waals surface area contributed by atoms with Gasteiger partial charge < -0.3 is 35.1 Å². The number of nitrogens with one attached hydrogen (secondary N) is 2. The molecule has 3 aromatic carbocycles. The van der Waals surface area contributed by atoms with Gasteiger partial charge >= 0.3 is 24.2 Å². The number of carboxylic acids is 1. The molecule has 0 fully saturated rings. The second kappa shape index (κ2) is 17.1. The summed E-state index contributed by atoms with van der Waals surface area (Å²) in [7, 11) is 0. The van der Waals surface area contributed by atoms with Gasteiger partial charge in [-0.1, -0.05) is 24.3 Å². The van der Waals surface area contributed by atoms with E-state index in [4.69, 9.17) is 24.7 Å². The number of nitrogens with zero attached hydrogens (tertiary/aromatic N) is 2. The van der Waals surface area contributed by atoms with Crippen molar-refractivity contribution in [3.63, 3.8) is 0 Å². The number of hydrogen-bond acceptors (Lipinski definition) is 11. The Morgan fingerprint density at radius 3 is 2.21 bits per heavy atom. The molecule has 0 aliphatic heterocycles. The molecule has 1 unspecified atom stereocenters. The molecule has 3 amide bonds. The number of carboxylic acid groups (broad SMARTS) is 1. The number of hydrogen-bond donors (Lipinski definition) is 4. The number of carbonyl (C=O) groups excluding carboxylic acids is 3. The summed E-state index contributed by atoms with van der Waals surface area (Å²) in [4.78, 5) is 56.6. The first-order valence-electron chi connectivity index (χ1n) is 17.1. The van der Waals surface area contributed by atoms with Gasteiger partial charge in [-0.3, -0.25) is 5.32 Å². The topological polar surface area (TPSA) is 192 Å². The number of fused-ring (bicyclic) bond motifs is 1. The molecule has 4 aromatic rings. The molecule has 282 valence electrons. The number of rotatable bonds is 12. The van der Waals surface area contributed by atoms with Crippen LogP contribution in [0.4, 0.5) is 31.6 Å². The normalized spacial score (nSPS) is 12.0. The molecular weight excluding hydrogens is 682 g/mol. The number of benzene rings is 3. The molecular formula is C39H47N5O9. The van der Waals surface area contributed by atoms with E-state index in [0.717, 1.165) is 16.0 Å². The zero-order chi connectivity index (χ0) is 38.9. The van der Waals surface area contributed by atoms with Gasteiger partial charge in [0.1, 0.15) is 17.0 Å². The number of carbonyl (C=O) groups is 4. The molecule has 53 heavy (non-hydrogen) atoms. The highest BCUT2D eigenvalue weighted by Gasteiger charge is 2.34. The lowest BCUT2D eigenvalue weighted by Gasteiger charge is -2.28. The predicted octanol–water partition coefficient (Wildman–Crippen LogP) is 7.80. The molecule has 0 saturated carbocycles. The van der Waals surface area contributed by atoms with Gasteiger partial charge in [-0.2, -0.15) is 4.90 Å². The Kier molecular flexibility index (Phi) is 12.9. The standard InChI is InChI=1S/C39H47N5O9/c1-8-50-31-22-27(13-12-25(31)17-19-51-35(47)43-28-11-9-10-24(20-28)23-40)32(34(45)46)42-29-14-15-30-26(21-29)16-18-41-33(30)44(36(48)52-38(2,3)4)37(49)53-39(5,6)7/h9-16,18,20-22,32,42H,8,17,19,23,40H2,1-7H3,(H,43,47)(H,45,46). The third-order valence-electron chi connectivity index (χ3n) is 7.40. The monoisotopic (exact) mass is 729 g/mol. The van der Waals surface area contributed by atoms with Crippen molar-refractivity contribution in [3.8, 4) is 5.75 Å². The molecule has 0 radical (unpaired) electrons. The fourth-order valence-electron chi connectivity index (χ4n) is 5.18. The molecule has 4 rings (SSSR count). The van der Waals surface area contributed by atoms with Crippen molar-refractivity contribution < 1.29 is 43.2 Å². The largest absolute Gasteiger partial charge is 0.494 e. The Morgan fingerprint density at radius 1 is 0.887 bits per heavy atom. The van der Waals surface area contributed by atoms with Gasteiger partial charge in [-0.25, -0.2) is 24.2 Å². The molecule has 14 nitrogen and oxygen atoms in total.